The van der Waals surface area contributed by atoms with E-state index in [4.69, 9.17) is 0 Å². The number of aromatic nitrogens is 2. The molecular weight excluding hydrogens is 300 g/mol. The van der Waals surface area contributed by atoms with Gasteiger partial charge < -0.3 is 10.2 Å². The molecular formula is C19H26N4O. The smallest absolute Gasteiger partial charge is 0.272 e. The van der Waals surface area contributed by atoms with Crippen LogP contribution >= 0.6 is 0 Å². The van der Waals surface area contributed by atoms with E-state index < -0.39 is 0 Å². The lowest BCUT2D eigenvalue weighted by molar-refractivity contribution is 0.0787. The third-order valence-electron chi connectivity index (χ3n) is 4.01. The summed E-state index contributed by atoms with van der Waals surface area (Å²) in [5.74, 6) is 0.554. The number of hydrogen-bond acceptors (Lipinski definition) is 4. The number of unbranched alkanes of at least 4 members (excludes halogenated alkanes) is 1. The van der Waals surface area contributed by atoms with Crippen molar-refractivity contribution < 1.29 is 4.79 Å². The molecule has 5 nitrogen and oxygen atoms in total. The van der Waals surface area contributed by atoms with Crippen molar-refractivity contribution in [1.29, 1.82) is 0 Å². The molecule has 0 aliphatic carbocycles. The van der Waals surface area contributed by atoms with Crippen molar-refractivity contribution >= 4 is 17.4 Å². The molecule has 1 amide bonds. The predicted octanol–water partition coefficient (Wildman–Crippen LogP) is 4.02. The van der Waals surface area contributed by atoms with Crippen molar-refractivity contribution in [2.24, 2.45) is 0 Å². The first-order valence-corrected chi connectivity index (χ1v) is 8.34. The Kier molecular flexibility index (Phi) is 5.90. The Hall–Kier alpha value is -2.43. The molecule has 0 saturated heterocycles. The third-order valence-corrected chi connectivity index (χ3v) is 4.01. The summed E-state index contributed by atoms with van der Waals surface area (Å²) >= 11 is 0. The van der Waals surface area contributed by atoms with Gasteiger partial charge in [0, 0.05) is 25.3 Å². The molecule has 0 fully saturated rings. The zero-order valence-electron chi connectivity index (χ0n) is 15.2. The molecule has 2 aromatic rings. The first-order chi connectivity index (χ1) is 11.4. The molecule has 0 bridgehead atoms. The van der Waals surface area contributed by atoms with Crippen LogP contribution in [-0.4, -0.2) is 34.4 Å². The monoisotopic (exact) mass is 326 g/mol. The van der Waals surface area contributed by atoms with E-state index in [9.17, 15) is 4.79 Å². The molecule has 5 heteroatoms. The number of anilines is 2. The lowest BCUT2D eigenvalue weighted by Crippen LogP contribution is -2.28. The van der Waals surface area contributed by atoms with Crippen LogP contribution in [0.3, 0.4) is 0 Å². The molecule has 0 atom stereocenters. The molecule has 1 aromatic carbocycles. The minimum atomic E-state index is -0.0775. The second-order valence-corrected chi connectivity index (χ2v) is 6.27. The van der Waals surface area contributed by atoms with Crippen LogP contribution in [0, 0.1) is 20.8 Å². The quantitative estimate of drug-likeness (QED) is 0.871. The third kappa shape index (κ3) is 4.31. The van der Waals surface area contributed by atoms with E-state index in [0.29, 0.717) is 11.5 Å². The van der Waals surface area contributed by atoms with Gasteiger partial charge in [0.15, 0.2) is 0 Å². The fourth-order valence-electron chi connectivity index (χ4n) is 2.74. The Morgan fingerprint density at radius 3 is 2.42 bits per heavy atom. The summed E-state index contributed by atoms with van der Waals surface area (Å²) in [6, 6.07) is 5.96. The van der Waals surface area contributed by atoms with Crippen molar-refractivity contribution in [3.8, 4) is 0 Å². The molecule has 2 rings (SSSR count). The van der Waals surface area contributed by atoms with Gasteiger partial charge in [-0.1, -0.05) is 31.0 Å². The van der Waals surface area contributed by atoms with Gasteiger partial charge in [-0.3, -0.25) is 4.79 Å². The number of carbonyl (C=O) groups is 1. The topological polar surface area (TPSA) is 58.1 Å². The number of hydrogen-bond donors (Lipinski definition) is 1. The van der Waals surface area contributed by atoms with Crippen molar-refractivity contribution in [2.45, 2.75) is 40.5 Å². The molecule has 0 unspecified atom stereocenters. The van der Waals surface area contributed by atoms with Gasteiger partial charge in [0.05, 0.1) is 0 Å². The van der Waals surface area contributed by atoms with Crippen molar-refractivity contribution in [2.75, 3.05) is 18.9 Å². The minimum Gasteiger partial charge on any atom is -0.340 e. The Labute approximate surface area is 144 Å². The molecule has 0 saturated carbocycles. The summed E-state index contributed by atoms with van der Waals surface area (Å²) in [5.41, 5.74) is 4.97. The average molecular weight is 326 g/mol. The van der Waals surface area contributed by atoms with Crippen LogP contribution in [0.2, 0.25) is 0 Å². The van der Waals surface area contributed by atoms with Gasteiger partial charge in [0.1, 0.15) is 17.8 Å². The van der Waals surface area contributed by atoms with Gasteiger partial charge in [0.25, 0.3) is 5.91 Å². The van der Waals surface area contributed by atoms with E-state index in [0.717, 1.165) is 36.2 Å². The van der Waals surface area contributed by atoms with Crippen molar-refractivity contribution in [1.82, 2.24) is 14.9 Å². The summed E-state index contributed by atoms with van der Waals surface area (Å²) < 4.78 is 0. The standard InChI is InChI=1S/C19H26N4O/c1-6-7-8-23(5)19(24)16-11-17(21-12-20-16)22-18-14(3)9-13(2)10-15(18)4/h9-12H,6-8H2,1-5H3,(H,20,21,22). The Morgan fingerprint density at radius 2 is 1.79 bits per heavy atom. The number of nitrogens with zero attached hydrogens (tertiary/aromatic N) is 3. The van der Waals surface area contributed by atoms with Gasteiger partial charge >= 0.3 is 0 Å². The van der Waals surface area contributed by atoms with Crippen LogP contribution in [0.5, 0.6) is 0 Å². The second kappa shape index (κ2) is 7.90. The van der Waals surface area contributed by atoms with E-state index in [-0.39, 0.29) is 5.91 Å². The van der Waals surface area contributed by atoms with E-state index in [1.807, 2.05) is 7.05 Å². The highest BCUT2D eigenvalue weighted by Gasteiger charge is 2.14. The highest BCUT2D eigenvalue weighted by Crippen LogP contribution is 2.25. The zero-order valence-corrected chi connectivity index (χ0v) is 15.2. The van der Waals surface area contributed by atoms with Crippen LogP contribution in [-0.2, 0) is 0 Å². The first kappa shape index (κ1) is 17.9. The first-order valence-electron chi connectivity index (χ1n) is 8.34. The number of nitrogens with one attached hydrogen (secondary N) is 1. The highest BCUT2D eigenvalue weighted by atomic mass is 16.2. The molecule has 0 radical (unpaired) electrons. The number of carbonyl (C=O) groups excluding carboxylic acids is 1. The van der Waals surface area contributed by atoms with Crippen molar-refractivity contribution in [3.05, 3.63) is 46.9 Å². The number of benzene rings is 1. The van der Waals surface area contributed by atoms with Crippen LogP contribution in [0.25, 0.3) is 0 Å². The molecule has 128 valence electrons. The largest absolute Gasteiger partial charge is 0.340 e. The molecule has 0 spiro atoms. The van der Waals surface area contributed by atoms with Gasteiger partial charge in [0.2, 0.25) is 0 Å². The number of aryl methyl sites for hydroxylation is 3. The number of rotatable bonds is 6. The Morgan fingerprint density at radius 1 is 1.12 bits per heavy atom. The molecule has 24 heavy (non-hydrogen) atoms. The minimum absolute atomic E-state index is 0.0775. The van der Waals surface area contributed by atoms with Crippen molar-refractivity contribution in [3.63, 3.8) is 0 Å². The molecule has 0 aliphatic rings. The normalized spacial score (nSPS) is 10.5. The lowest BCUT2D eigenvalue weighted by Gasteiger charge is -2.17. The second-order valence-electron chi connectivity index (χ2n) is 6.27. The van der Waals surface area contributed by atoms with Crippen LogP contribution < -0.4 is 5.32 Å². The van der Waals surface area contributed by atoms with Gasteiger partial charge in [-0.2, -0.15) is 0 Å². The average Bonchev–Trinajstić information content (AvgIpc) is 2.55. The van der Waals surface area contributed by atoms with Crippen LogP contribution in [0.4, 0.5) is 11.5 Å². The predicted molar refractivity (Wildman–Crippen MR) is 97.8 cm³/mol. The summed E-state index contributed by atoms with van der Waals surface area (Å²) in [7, 11) is 1.81. The highest BCUT2D eigenvalue weighted by molar-refractivity contribution is 5.92. The molecule has 1 heterocycles. The molecule has 0 aliphatic heterocycles. The van der Waals surface area contributed by atoms with E-state index >= 15 is 0 Å². The fourth-order valence-corrected chi connectivity index (χ4v) is 2.74. The maximum absolute atomic E-state index is 12.4. The Bertz CT molecular complexity index is 704. The fraction of sp³-hybridized carbons (Fsp3) is 0.421. The summed E-state index contributed by atoms with van der Waals surface area (Å²) in [4.78, 5) is 22.5. The maximum Gasteiger partial charge on any atom is 0.272 e. The van der Waals surface area contributed by atoms with E-state index in [2.05, 4.69) is 55.1 Å². The Balaban J connectivity index is 2.21. The lowest BCUT2D eigenvalue weighted by atomic mass is 10.1. The molecule has 1 aromatic heterocycles. The summed E-state index contributed by atoms with van der Waals surface area (Å²) in [6.07, 6.45) is 3.47. The van der Waals surface area contributed by atoms with Crippen LogP contribution in [0.1, 0.15) is 46.9 Å². The van der Waals surface area contributed by atoms with Gasteiger partial charge in [-0.15, -0.1) is 0 Å². The van der Waals surface area contributed by atoms with Gasteiger partial charge in [-0.25, -0.2) is 9.97 Å². The number of amides is 1. The maximum atomic E-state index is 12.4. The van der Waals surface area contributed by atoms with E-state index in [1.54, 1.807) is 11.0 Å². The SMILES string of the molecule is CCCCN(C)C(=O)c1cc(Nc2c(C)cc(C)cc2C)ncn1. The molecule has 1 N–H and O–H groups in total. The van der Waals surface area contributed by atoms with Crippen LogP contribution in [0.15, 0.2) is 24.5 Å². The van der Waals surface area contributed by atoms with Gasteiger partial charge in [-0.05, 0) is 38.3 Å². The zero-order chi connectivity index (χ0) is 17.7. The van der Waals surface area contributed by atoms with E-state index in [1.165, 1.54) is 11.9 Å². The summed E-state index contributed by atoms with van der Waals surface area (Å²) in [6.45, 7) is 9.05. The summed E-state index contributed by atoms with van der Waals surface area (Å²) in [5, 5.41) is 3.32.